The van der Waals surface area contributed by atoms with Gasteiger partial charge in [0, 0.05) is 11.3 Å². The van der Waals surface area contributed by atoms with Crippen LogP contribution in [0, 0.1) is 6.92 Å². The molecule has 0 radical (unpaired) electrons. The summed E-state index contributed by atoms with van der Waals surface area (Å²) < 4.78 is 0. The summed E-state index contributed by atoms with van der Waals surface area (Å²) in [5.74, 6) is 0.750. The van der Waals surface area contributed by atoms with Gasteiger partial charge in [0.15, 0.2) is 5.78 Å². The predicted molar refractivity (Wildman–Crippen MR) is 77.6 cm³/mol. The molecule has 0 unspecified atom stereocenters. The van der Waals surface area contributed by atoms with E-state index in [1.807, 2.05) is 19.1 Å². The second kappa shape index (κ2) is 5.49. The minimum absolute atomic E-state index is 0.213. The summed E-state index contributed by atoms with van der Waals surface area (Å²) >= 11 is 1.57. The van der Waals surface area contributed by atoms with Crippen molar-refractivity contribution in [3.05, 3.63) is 57.3 Å². The Bertz CT molecular complexity index is 534. The summed E-state index contributed by atoms with van der Waals surface area (Å²) in [7, 11) is 0. The predicted octanol–water partition coefficient (Wildman–Crippen LogP) is 4.61. The third kappa shape index (κ3) is 3.08. The molecule has 1 heterocycles. The number of carbonyl (C=O) groups is 1. The SMILES string of the molecule is Cc1ccc(C(=O)Cc2ccc(C(C)C)cc2)s1. The molecular formula is C16H18OS. The van der Waals surface area contributed by atoms with Crippen molar-refractivity contribution in [2.45, 2.75) is 33.1 Å². The average molecular weight is 258 g/mol. The van der Waals surface area contributed by atoms with Crippen molar-refractivity contribution in [3.63, 3.8) is 0 Å². The summed E-state index contributed by atoms with van der Waals surface area (Å²) in [6, 6.07) is 12.3. The summed E-state index contributed by atoms with van der Waals surface area (Å²) in [6.07, 6.45) is 0.498. The van der Waals surface area contributed by atoms with Crippen LogP contribution in [-0.4, -0.2) is 5.78 Å². The van der Waals surface area contributed by atoms with E-state index in [4.69, 9.17) is 0 Å². The van der Waals surface area contributed by atoms with Gasteiger partial charge in [0.25, 0.3) is 0 Å². The highest BCUT2D eigenvalue weighted by Crippen LogP contribution is 2.19. The summed E-state index contributed by atoms with van der Waals surface area (Å²) in [4.78, 5) is 14.1. The van der Waals surface area contributed by atoms with E-state index in [0.29, 0.717) is 12.3 Å². The molecule has 94 valence electrons. The molecule has 2 aromatic rings. The molecule has 18 heavy (non-hydrogen) atoms. The highest BCUT2D eigenvalue weighted by Gasteiger charge is 2.09. The van der Waals surface area contributed by atoms with Crippen LogP contribution in [0.25, 0.3) is 0 Å². The zero-order chi connectivity index (χ0) is 13.1. The maximum atomic E-state index is 12.1. The van der Waals surface area contributed by atoms with E-state index in [1.165, 1.54) is 10.4 Å². The van der Waals surface area contributed by atoms with Gasteiger partial charge in [0.05, 0.1) is 4.88 Å². The maximum absolute atomic E-state index is 12.1. The molecule has 0 spiro atoms. The molecule has 0 saturated heterocycles. The lowest BCUT2D eigenvalue weighted by Crippen LogP contribution is -2.01. The van der Waals surface area contributed by atoms with Gasteiger partial charge in [-0.2, -0.15) is 0 Å². The van der Waals surface area contributed by atoms with Crippen LogP contribution in [0.3, 0.4) is 0 Å². The first kappa shape index (κ1) is 13.0. The summed E-state index contributed by atoms with van der Waals surface area (Å²) in [6.45, 7) is 6.38. The van der Waals surface area contributed by atoms with Crippen LogP contribution < -0.4 is 0 Å². The van der Waals surface area contributed by atoms with Gasteiger partial charge in [-0.15, -0.1) is 11.3 Å². The second-order valence-electron chi connectivity index (χ2n) is 4.91. The molecule has 0 saturated carbocycles. The lowest BCUT2D eigenvalue weighted by atomic mass is 10.00. The van der Waals surface area contributed by atoms with Crippen molar-refractivity contribution in [1.29, 1.82) is 0 Å². The number of aryl methyl sites for hydroxylation is 1. The Labute approximate surface area is 112 Å². The van der Waals surface area contributed by atoms with E-state index in [-0.39, 0.29) is 5.78 Å². The van der Waals surface area contributed by atoms with Crippen LogP contribution in [0.5, 0.6) is 0 Å². The zero-order valence-corrected chi connectivity index (χ0v) is 11.9. The third-order valence-electron chi connectivity index (χ3n) is 3.03. The molecule has 2 heteroatoms. The molecule has 1 aromatic carbocycles. The maximum Gasteiger partial charge on any atom is 0.177 e. The van der Waals surface area contributed by atoms with Crippen molar-refractivity contribution in [1.82, 2.24) is 0 Å². The number of hydrogen-bond donors (Lipinski definition) is 0. The lowest BCUT2D eigenvalue weighted by Gasteiger charge is -2.06. The third-order valence-corrected chi connectivity index (χ3v) is 4.07. The molecule has 0 aliphatic carbocycles. The Morgan fingerprint density at radius 3 is 2.28 bits per heavy atom. The number of benzene rings is 1. The molecule has 0 bridgehead atoms. The fourth-order valence-corrected chi connectivity index (χ4v) is 2.68. The molecule has 1 nitrogen and oxygen atoms in total. The Balaban J connectivity index is 2.07. The number of Topliss-reactive ketones (excluding diaryl/α,β-unsaturated/α-hetero) is 1. The lowest BCUT2D eigenvalue weighted by molar-refractivity contribution is 0.0997. The van der Waals surface area contributed by atoms with Crippen molar-refractivity contribution in [3.8, 4) is 0 Å². The Hall–Kier alpha value is -1.41. The smallest absolute Gasteiger partial charge is 0.177 e. The Morgan fingerprint density at radius 1 is 1.11 bits per heavy atom. The number of thiophene rings is 1. The fourth-order valence-electron chi connectivity index (χ4n) is 1.88. The van der Waals surface area contributed by atoms with Crippen LogP contribution in [0.1, 0.15) is 45.4 Å². The van der Waals surface area contributed by atoms with E-state index in [2.05, 4.69) is 38.1 Å². The van der Waals surface area contributed by atoms with Crippen molar-refractivity contribution in [2.75, 3.05) is 0 Å². The van der Waals surface area contributed by atoms with E-state index >= 15 is 0 Å². The van der Waals surface area contributed by atoms with Gasteiger partial charge < -0.3 is 0 Å². The number of hydrogen-bond acceptors (Lipinski definition) is 2. The largest absolute Gasteiger partial charge is 0.293 e. The highest BCUT2D eigenvalue weighted by atomic mass is 32.1. The van der Waals surface area contributed by atoms with Gasteiger partial charge >= 0.3 is 0 Å². The van der Waals surface area contributed by atoms with Gasteiger partial charge in [-0.3, -0.25) is 4.79 Å². The van der Waals surface area contributed by atoms with Gasteiger partial charge in [0.2, 0.25) is 0 Å². The van der Waals surface area contributed by atoms with E-state index in [9.17, 15) is 4.79 Å². The molecule has 0 fully saturated rings. The zero-order valence-electron chi connectivity index (χ0n) is 11.1. The average Bonchev–Trinajstić information content (AvgIpc) is 2.76. The van der Waals surface area contributed by atoms with E-state index < -0.39 is 0 Å². The molecule has 2 rings (SSSR count). The van der Waals surface area contributed by atoms with Crippen molar-refractivity contribution >= 4 is 17.1 Å². The first-order chi connectivity index (χ1) is 8.56. The summed E-state index contributed by atoms with van der Waals surface area (Å²) in [5.41, 5.74) is 2.41. The topological polar surface area (TPSA) is 17.1 Å². The molecule has 1 aromatic heterocycles. The van der Waals surface area contributed by atoms with Gasteiger partial charge in [-0.05, 0) is 36.1 Å². The minimum atomic E-state index is 0.213. The number of rotatable bonds is 4. The van der Waals surface area contributed by atoms with Crippen molar-refractivity contribution < 1.29 is 4.79 Å². The van der Waals surface area contributed by atoms with Crippen LogP contribution in [-0.2, 0) is 6.42 Å². The number of carbonyl (C=O) groups excluding carboxylic acids is 1. The Morgan fingerprint density at radius 2 is 1.78 bits per heavy atom. The first-order valence-electron chi connectivity index (χ1n) is 6.24. The van der Waals surface area contributed by atoms with Gasteiger partial charge in [-0.25, -0.2) is 0 Å². The fraction of sp³-hybridized carbons (Fsp3) is 0.312. The number of ketones is 1. The monoisotopic (exact) mass is 258 g/mol. The first-order valence-corrected chi connectivity index (χ1v) is 7.06. The molecule has 0 aliphatic rings. The molecular weight excluding hydrogens is 240 g/mol. The Kier molecular flexibility index (Phi) is 3.97. The molecule has 0 aliphatic heterocycles. The van der Waals surface area contributed by atoms with E-state index in [0.717, 1.165) is 10.4 Å². The van der Waals surface area contributed by atoms with Gasteiger partial charge in [0.1, 0.15) is 0 Å². The van der Waals surface area contributed by atoms with Crippen LogP contribution >= 0.6 is 11.3 Å². The van der Waals surface area contributed by atoms with Crippen LogP contribution in [0.15, 0.2) is 36.4 Å². The quantitative estimate of drug-likeness (QED) is 0.732. The second-order valence-corrected chi connectivity index (χ2v) is 6.19. The minimum Gasteiger partial charge on any atom is -0.293 e. The highest BCUT2D eigenvalue weighted by molar-refractivity contribution is 7.14. The molecule has 0 amide bonds. The molecule has 0 atom stereocenters. The van der Waals surface area contributed by atoms with Crippen LogP contribution in [0.2, 0.25) is 0 Å². The molecule has 0 N–H and O–H groups in total. The normalized spacial score (nSPS) is 10.9. The van der Waals surface area contributed by atoms with Gasteiger partial charge in [-0.1, -0.05) is 38.1 Å². The van der Waals surface area contributed by atoms with E-state index in [1.54, 1.807) is 11.3 Å². The van der Waals surface area contributed by atoms with Crippen LogP contribution in [0.4, 0.5) is 0 Å². The standard InChI is InChI=1S/C16H18OS/c1-11(2)14-7-5-13(6-8-14)10-15(17)16-9-4-12(3)18-16/h4-9,11H,10H2,1-3H3. The summed E-state index contributed by atoms with van der Waals surface area (Å²) in [5, 5.41) is 0. The van der Waals surface area contributed by atoms with Crippen molar-refractivity contribution in [2.24, 2.45) is 0 Å².